The lowest BCUT2D eigenvalue weighted by molar-refractivity contribution is -0.137. The van der Waals surface area contributed by atoms with Crippen LogP contribution >= 0.6 is 15.9 Å². The number of rotatable bonds is 5. The van der Waals surface area contributed by atoms with E-state index < -0.39 is 11.7 Å². The average Bonchev–Trinajstić information content (AvgIpc) is 2.63. The first-order chi connectivity index (χ1) is 12.4. The Morgan fingerprint density at radius 3 is 2.12 bits per heavy atom. The average molecular weight is 422 g/mol. The third-order valence-corrected chi connectivity index (χ3v) is 5.18. The molecule has 3 aromatic rings. The van der Waals surface area contributed by atoms with Crippen LogP contribution in [-0.2, 0) is 19.3 Å². The van der Waals surface area contributed by atoms with E-state index in [2.05, 4.69) is 46.0 Å². The van der Waals surface area contributed by atoms with Gasteiger partial charge in [0.05, 0.1) is 5.56 Å². The van der Waals surface area contributed by atoms with Crippen LogP contribution in [0.25, 0.3) is 10.8 Å². The second-order valence-corrected chi connectivity index (χ2v) is 7.10. The van der Waals surface area contributed by atoms with Crippen molar-refractivity contribution in [3.63, 3.8) is 0 Å². The maximum absolute atomic E-state index is 12.7. The van der Waals surface area contributed by atoms with Crippen molar-refractivity contribution in [1.82, 2.24) is 4.90 Å². The molecule has 0 heterocycles. The topological polar surface area (TPSA) is 5.90 Å². The van der Waals surface area contributed by atoms with Gasteiger partial charge < -0.3 is 0 Å². The molecule has 5 heteroatoms. The van der Waals surface area contributed by atoms with E-state index in [1.807, 2.05) is 18.2 Å². The first kappa shape index (κ1) is 18.9. The minimum atomic E-state index is -4.29. The van der Waals surface area contributed by atoms with Gasteiger partial charge in [-0.15, -0.1) is 0 Å². The SMILES string of the molecule is CC[N+](Cc1ccc(C(F)(F)F)cc1)Cc1ccc(Br)c2ccccc12. The summed E-state index contributed by atoms with van der Waals surface area (Å²) < 4.78 is 39.2. The number of halogens is 4. The molecule has 0 aliphatic heterocycles. The number of hydrogen-bond acceptors (Lipinski definition) is 1. The van der Waals surface area contributed by atoms with Gasteiger partial charge in [0.2, 0.25) is 0 Å². The highest BCUT2D eigenvalue weighted by Gasteiger charge is 2.30. The summed E-state index contributed by atoms with van der Waals surface area (Å²) in [6, 6.07) is 17.8. The minimum Gasteiger partial charge on any atom is -0.166 e. The fourth-order valence-corrected chi connectivity index (χ4v) is 3.52. The van der Waals surface area contributed by atoms with E-state index in [4.69, 9.17) is 0 Å². The zero-order chi connectivity index (χ0) is 18.7. The molecular formula is C21H19BrF3N+. The van der Waals surface area contributed by atoms with E-state index in [1.165, 1.54) is 10.9 Å². The first-order valence-electron chi connectivity index (χ1n) is 8.43. The molecule has 0 amide bonds. The summed E-state index contributed by atoms with van der Waals surface area (Å²) in [4.78, 5) is 2.22. The lowest BCUT2D eigenvalue weighted by atomic mass is 10.0. The summed E-state index contributed by atoms with van der Waals surface area (Å²) >= 11 is 3.59. The zero-order valence-corrected chi connectivity index (χ0v) is 15.9. The number of benzene rings is 3. The molecule has 0 saturated carbocycles. The van der Waals surface area contributed by atoms with Crippen molar-refractivity contribution in [2.75, 3.05) is 6.54 Å². The number of fused-ring (bicyclic) bond motifs is 1. The van der Waals surface area contributed by atoms with Gasteiger partial charge in [-0.25, -0.2) is 0 Å². The monoisotopic (exact) mass is 421 g/mol. The van der Waals surface area contributed by atoms with Crippen LogP contribution in [0.3, 0.4) is 0 Å². The lowest BCUT2D eigenvalue weighted by Gasteiger charge is -2.14. The van der Waals surface area contributed by atoms with Crippen LogP contribution in [0.15, 0.2) is 65.1 Å². The third-order valence-electron chi connectivity index (χ3n) is 4.49. The molecule has 0 saturated heterocycles. The molecule has 0 fully saturated rings. The van der Waals surface area contributed by atoms with Gasteiger partial charge in [0.25, 0.3) is 0 Å². The third kappa shape index (κ3) is 4.27. The van der Waals surface area contributed by atoms with Gasteiger partial charge in [-0.2, -0.15) is 18.1 Å². The van der Waals surface area contributed by atoms with Crippen LogP contribution in [-0.4, -0.2) is 6.54 Å². The predicted octanol–water partition coefficient (Wildman–Crippen LogP) is 6.48. The summed E-state index contributed by atoms with van der Waals surface area (Å²) in [5.41, 5.74) is 1.47. The first-order valence-corrected chi connectivity index (χ1v) is 9.22. The zero-order valence-electron chi connectivity index (χ0n) is 14.4. The molecule has 3 aromatic carbocycles. The summed E-state index contributed by atoms with van der Waals surface area (Å²) in [5.74, 6) is 0. The molecule has 0 unspecified atom stereocenters. The Bertz CT molecular complexity index is 888. The van der Waals surface area contributed by atoms with Gasteiger partial charge in [0.1, 0.15) is 19.6 Å². The number of hydrogen-bond donors (Lipinski definition) is 0. The van der Waals surface area contributed by atoms with Gasteiger partial charge in [0, 0.05) is 15.6 Å². The lowest BCUT2D eigenvalue weighted by Crippen LogP contribution is -2.28. The van der Waals surface area contributed by atoms with Crippen molar-refractivity contribution in [2.45, 2.75) is 26.2 Å². The Hall–Kier alpha value is -1.85. The van der Waals surface area contributed by atoms with Gasteiger partial charge in [-0.05, 0) is 35.9 Å². The van der Waals surface area contributed by atoms with Gasteiger partial charge in [-0.3, -0.25) is 0 Å². The molecule has 0 aliphatic carbocycles. The highest BCUT2D eigenvalue weighted by molar-refractivity contribution is 9.10. The Balaban J connectivity index is 1.79. The maximum Gasteiger partial charge on any atom is 0.416 e. The molecule has 0 aliphatic rings. The standard InChI is InChI=1S/C21H19BrF3N/c1-2-26(13-15-7-10-17(11-8-15)21(23,24)25)14-16-9-12-20(22)19-6-4-3-5-18(16)19/h3-12H,2,13-14H2,1H3/q+1. The Kier molecular flexibility index (Phi) is 5.68. The second-order valence-electron chi connectivity index (χ2n) is 6.25. The van der Waals surface area contributed by atoms with E-state index in [0.717, 1.165) is 40.6 Å². The van der Waals surface area contributed by atoms with E-state index in [0.29, 0.717) is 6.54 Å². The van der Waals surface area contributed by atoms with Crippen molar-refractivity contribution < 1.29 is 13.2 Å². The second kappa shape index (κ2) is 7.80. The van der Waals surface area contributed by atoms with Crippen LogP contribution in [0.5, 0.6) is 0 Å². The van der Waals surface area contributed by atoms with E-state index in [1.54, 1.807) is 12.1 Å². The molecular weight excluding hydrogens is 403 g/mol. The normalized spacial score (nSPS) is 12.1. The van der Waals surface area contributed by atoms with Crippen molar-refractivity contribution >= 4 is 26.7 Å². The Morgan fingerprint density at radius 1 is 0.846 bits per heavy atom. The van der Waals surface area contributed by atoms with E-state index in [-0.39, 0.29) is 0 Å². The molecule has 0 spiro atoms. The summed E-state index contributed by atoms with van der Waals surface area (Å²) in [6.45, 7) is 4.22. The van der Waals surface area contributed by atoms with Crippen LogP contribution < -0.4 is 4.90 Å². The van der Waals surface area contributed by atoms with Gasteiger partial charge in [0.15, 0.2) is 0 Å². The van der Waals surface area contributed by atoms with Crippen molar-refractivity contribution in [2.24, 2.45) is 0 Å². The van der Waals surface area contributed by atoms with E-state index >= 15 is 0 Å². The fourth-order valence-electron chi connectivity index (χ4n) is 3.04. The Morgan fingerprint density at radius 2 is 1.50 bits per heavy atom. The quantitative estimate of drug-likeness (QED) is 0.415. The van der Waals surface area contributed by atoms with E-state index in [9.17, 15) is 13.2 Å². The highest BCUT2D eigenvalue weighted by atomic mass is 79.9. The van der Waals surface area contributed by atoms with Crippen molar-refractivity contribution in [3.05, 3.63) is 81.8 Å². The minimum absolute atomic E-state index is 0.608. The predicted molar refractivity (Wildman–Crippen MR) is 103 cm³/mol. The van der Waals surface area contributed by atoms with Crippen molar-refractivity contribution in [1.29, 1.82) is 0 Å². The summed E-state index contributed by atoms with van der Waals surface area (Å²) in [7, 11) is 0. The molecule has 1 radical (unpaired) electrons. The fraction of sp³-hybridized carbons (Fsp3) is 0.238. The highest BCUT2D eigenvalue weighted by Crippen LogP contribution is 2.30. The summed E-state index contributed by atoms with van der Waals surface area (Å²) in [5, 5.41) is 2.35. The maximum atomic E-state index is 12.7. The van der Waals surface area contributed by atoms with Crippen LogP contribution in [0.1, 0.15) is 23.6 Å². The van der Waals surface area contributed by atoms with Crippen LogP contribution in [0.4, 0.5) is 13.2 Å². The number of nitrogens with zero attached hydrogens (tertiary/aromatic N) is 1. The molecule has 0 N–H and O–H groups in total. The summed E-state index contributed by atoms with van der Waals surface area (Å²) in [6.07, 6.45) is -4.29. The molecule has 26 heavy (non-hydrogen) atoms. The largest absolute Gasteiger partial charge is 0.416 e. The molecule has 135 valence electrons. The van der Waals surface area contributed by atoms with Gasteiger partial charge >= 0.3 is 6.18 Å². The molecule has 0 bridgehead atoms. The van der Waals surface area contributed by atoms with Gasteiger partial charge in [-0.1, -0.05) is 58.4 Å². The van der Waals surface area contributed by atoms with Crippen molar-refractivity contribution in [3.8, 4) is 0 Å². The smallest absolute Gasteiger partial charge is 0.166 e. The Labute approximate surface area is 159 Å². The molecule has 3 rings (SSSR count). The molecule has 0 aromatic heterocycles. The van der Waals surface area contributed by atoms with Crippen LogP contribution in [0, 0.1) is 0 Å². The molecule has 1 nitrogen and oxygen atoms in total. The molecule has 0 atom stereocenters. The number of alkyl halides is 3. The van der Waals surface area contributed by atoms with Crippen LogP contribution in [0.2, 0.25) is 0 Å².